The second kappa shape index (κ2) is 3.27. The maximum absolute atomic E-state index is 4.68. The molecule has 0 aliphatic carbocycles. The molecule has 0 bridgehead atoms. The summed E-state index contributed by atoms with van der Waals surface area (Å²) >= 11 is 1.88. The molecule has 0 radical (unpaired) electrons. The molecule has 0 N–H and O–H groups in total. The molecular weight excluding hydrogens is 204 g/mol. The number of hydrogen-bond acceptors (Lipinski definition) is 2. The zero-order valence-electron chi connectivity index (χ0n) is 9.08. The summed E-state index contributed by atoms with van der Waals surface area (Å²) in [4.78, 5) is 4.68. The van der Waals surface area contributed by atoms with Gasteiger partial charge in [-0.3, -0.25) is 0 Å². The molecule has 0 fully saturated rings. The third-order valence-electron chi connectivity index (χ3n) is 3.09. The number of rotatable bonds is 0. The van der Waals surface area contributed by atoms with Crippen molar-refractivity contribution < 1.29 is 0 Å². The van der Waals surface area contributed by atoms with Crippen molar-refractivity contribution in [2.75, 3.05) is 5.75 Å². The highest BCUT2D eigenvalue weighted by Crippen LogP contribution is 2.30. The summed E-state index contributed by atoms with van der Waals surface area (Å²) < 4.78 is 2.36. The molecule has 0 saturated carbocycles. The Morgan fingerprint density at radius 2 is 2.07 bits per heavy atom. The van der Waals surface area contributed by atoms with Crippen LogP contribution in [-0.4, -0.2) is 15.3 Å². The lowest BCUT2D eigenvalue weighted by Crippen LogP contribution is -2.06. The molecule has 2 aromatic rings. The molecule has 3 rings (SSSR count). The van der Waals surface area contributed by atoms with E-state index in [0.29, 0.717) is 0 Å². The van der Waals surface area contributed by atoms with E-state index in [1.807, 2.05) is 11.8 Å². The molecule has 78 valence electrons. The van der Waals surface area contributed by atoms with E-state index in [-0.39, 0.29) is 0 Å². The molecule has 0 spiro atoms. The van der Waals surface area contributed by atoms with Gasteiger partial charge in [0.25, 0.3) is 0 Å². The van der Waals surface area contributed by atoms with Crippen LogP contribution in [-0.2, 0) is 6.54 Å². The molecule has 0 amide bonds. The van der Waals surface area contributed by atoms with E-state index >= 15 is 0 Å². The minimum absolute atomic E-state index is 1.13. The fourth-order valence-corrected chi connectivity index (χ4v) is 3.03. The summed E-state index contributed by atoms with van der Waals surface area (Å²) in [7, 11) is 0. The van der Waals surface area contributed by atoms with E-state index in [9.17, 15) is 0 Å². The van der Waals surface area contributed by atoms with Gasteiger partial charge in [-0.15, -0.1) is 0 Å². The van der Waals surface area contributed by atoms with E-state index in [0.717, 1.165) is 12.1 Å². The van der Waals surface area contributed by atoms with Crippen molar-refractivity contribution in [1.29, 1.82) is 0 Å². The van der Waals surface area contributed by atoms with Gasteiger partial charge in [-0.25, -0.2) is 4.98 Å². The van der Waals surface area contributed by atoms with Crippen molar-refractivity contribution in [3.05, 3.63) is 23.3 Å². The summed E-state index contributed by atoms with van der Waals surface area (Å²) in [5.74, 6) is 1.21. The first-order valence-electron chi connectivity index (χ1n) is 5.36. The van der Waals surface area contributed by atoms with Crippen molar-refractivity contribution in [1.82, 2.24) is 9.55 Å². The molecule has 1 aromatic carbocycles. The van der Waals surface area contributed by atoms with Crippen LogP contribution in [0.25, 0.3) is 11.0 Å². The molecule has 0 atom stereocenters. The maximum atomic E-state index is 4.68. The monoisotopic (exact) mass is 218 g/mol. The lowest BCUT2D eigenvalue weighted by atomic mass is 10.1. The van der Waals surface area contributed by atoms with Gasteiger partial charge in [-0.05, 0) is 43.5 Å². The maximum Gasteiger partial charge on any atom is 0.169 e. The van der Waals surface area contributed by atoms with Gasteiger partial charge in [0.05, 0.1) is 11.0 Å². The molecule has 0 saturated heterocycles. The molecular formula is C12H14N2S. The molecule has 3 heteroatoms. The Labute approximate surface area is 93.7 Å². The number of aryl methyl sites for hydroxylation is 3. The highest BCUT2D eigenvalue weighted by molar-refractivity contribution is 7.99. The highest BCUT2D eigenvalue weighted by Gasteiger charge is 2.15. The Hall–Kier alpha value is -0.960. The molecule has 15 heavy (non-hydrogen) atoms. The Bertz CT molecular complexity index is 528. The van der Waals surface area contributed by atoms with Crippen LogP contribution in [0.1, 0.15) is 17.5 Å². The molecule has 2 heterocycles. The topological polar surface area (TPSA) is 17.8 Å². The van der Waals surface area contributed by atoms with Crippen molar-refractivity contribution in [2.45, 2.75) is 32.0 Å². The number of thioether (sulfide) groups is 1. The average molecular weight is 218 g/mol. The van der Waals surface area contributed by atoms with E-state index < -0.39 is 0 Å². The van der Waals surface area contributed by atoms with Gasteiger partial charge in [-0.2, -0.15) is 0 Å². The number of fused-ring (bicyclic) bond motifs is 3. The summed E-state index contributed by atoms with van der Waals surface area (Å²) in [5, 5.41) is 1.20. The normalized spacial score (nSPS) is 15.6. The summed E-state index contributed by atoms with van der Waals surface area (Å²) in [6.07, 6.45) is 1.26. The smallest absolute Gasteiger partial charge is 0.169 e. The number of nitrogens with zero attached hydrogens (tertiary/aromatic N) is 2. The van der Waals surface area contributed by atoms with Gasteiger partial charge < -0.3 is 4.57 Å². The van der Waals surface area contributed by atoms with Crippen LogP contribution in [0.5, 0.6) is 0 Å². The van der Waals surface area contributed by atoms with Gasteiger partial charge >= 0.3 is 0 Å². The Balaban J connectivity index is 2.33. The van der Waals surface area contributed by atoms with Crippen LogP contribution in [0.4, 0.5) is 0 Å². The van der Waals surface area contributed by atoms with Crippen molar-refractivity contribution >= 4 is 22.8 Å². The lowest BCUT2D eigenvalue weighted by Gasteiger charge is -2.13. The van der Waals surface area contributed by atoms with Gasteiger partial charge in [0.2, 0.25) is 0 Å². The first-order valence-corrected chi connectivity index (χ1v) is 6.34. The number of imidazole rings is 1. The van der Waals surface area contributed by atoms with Crippen LogP contribution in [0.2, 0.25) is 0 Å². The predicted molar refractivity (Wildman–Crippen MR) is 64.5 cm³/mol. The Morgan fingerprint density at radius 3 is 2.93 bits per heavy atom. The molecule has 1 aliphatic rings. The van der Waals surface area contributed by atoms with E-state index in [1.54, 1.807) is 0 Å². The quantitative estimate of drug-likeness (QED) is 0.676. The minimum Gasteiger partial charge on any atom is -0.319 e. The van der Waals surface area contributed by atoms with Gasteiger partial charge in [0.1, 0.15) is 0 Å². The number of aromatic nitrogens is 2. The average Bonchev–Trinajstić information content (AvgIpc) is 2.57. The number of hydrogen-bond donors (Lipinski definition) is 0. The second-order valence-corrected chi connectivity index (χ2v) is 5.24. The van der Waals surface area contributed by atoms with Crippen LogP contribution in [0.15, 0.2) is 17.3 Å². The van der Waals surface area contributed by atoms with E-state index in [1.165, 1.54) is 34.0 Å². The lowest BCUT2D eigenvalue weighted by molar-refractivity contribution is 0.624. The summed E-state index contributed by atoms with van der Waals surface area (Å²) in [5.41, 5.74) is 5.16. The first kappa shape index (κ1) is 9.28. The van der Waals surface area contributed by atoms with Crippen LogP contribution in [0.3, 0.4) is 0 Å². The fraction of sp³-hybridized carbons (Fsp3) is 0.417. The van der Waals surface area contributed by atoms with Gasteiger partial charge in [0, 0.05) is 12.3 Å². The minimum atomic E-state index is 1.13. The van der Waals surface area contributed by atoms with Crippen molar-refractivity contribution in [2.24, 2.45) is 0 Å². The zero-order chi connectivity index (χ0) is 10.4. The Kier molecular flexibility index (Phi) is 2.02. The molecule has 1 aromatic heterocycles. The predicted octanol–water partition coefficient (Wildman–Crippen LogP) is 3.15. The van der Waals surface area contributed by atoms with E-state index in [2.05, 4.69) is 35.5 Å². The van der Waals surface area contributed by atoms with Crippen molar-refractivity contribution in [3.63, 3.8) is 0 Å². The van der Waals surface area contributed by atoms with Gasteiger partial charge in [-0.1, -0.05) is 11.8 Å². The van der Waals surface area contributed by atoms with Crippen LogP contribution < -0.4 is 0 Å². The second-order valence-electron chi connectivity index (χ2n) is 4.17. The third-order valence-corrected chi connectivity index (χ3v) is 4.15. The largest absolute Gasteiger partial charge is 0.319 e. The summed E-state index contributed by atoms with van der Waals surface area (Å²) in [6, 6.07) is 4.48. The Morgan fingerprint density at radius 1 is 1.27 bits per heavy atom. The fourth-order valence-electron chi connectivity index (χ4n) is 2.07. The molecule has 2 nitrogen and oxygen atoms in total. The van der Waals surface area contributed by atoms with Gasteiger partial charge in [0.15, 0.2) is 5.16 Å². The SMILES string of the molecule is Cc1cc2nc3n(c2cc1C)CCCS3. The van der Waals surface area contributed by atoms with Crippen LogP contribution >= 0.6 is 11.8 Å². The molecule has 1 aliphatic heterocycles. The summed E-state index contributed by atoms with van der Waals surface area (Å²) in [6.45, 7) is 5.45. The third kappa shape index (κ3) is 1.37. The standard InChI is InChI=1S/C12H14N2S/c1-8-6-10-11(7-9(8)2)14-4-3-5-15-12(14)13-10/h6-7H,3-5H2,1-2H3. The van der Waals surface area contributed by atoms with Crippen LogP contribution in [0, 0.1) is 13.8 Å². The first-order chi connectivity index (χ1) is 7.25. The highest BCUT2D eigenvalue weighted by atomic mass is 32.2. The zero-order valence-corrected chi connectivity index (χ0v) is 9.90. The number of benzene rings is 1. The van der Waals surface area contributed by atoms with Crippen molar-refractivity contribution in [3.8, 4) is 0 Å². The molecule has 0 unspecified atom stereocenters. The van der Waals surface area contributed by atoms with E-state index in [4.69, 9.17) is 0 Å².